The summed E-state index contributed by atoms with van der Waals surface area (Å²) in [7, 11) is -1.88. The van der Waals surface area contributed by atoms with Crippen LogP contribution < -0.4 is 0 Å². The third kappa shape index (κ3) is 17.9. The van der Waals surface area contributed by atoms with Gasteiger partial charge in [-0.15, -0.1) is 0 Å². The minimum absolute atomic E-state index is 0.0263. The van der Waals surface area contributed by atoms with Crippen LogP contribution in [0.15, 0.2) is 12.2 Å². The van der Waals surface area contributed by atoms with Gasteiger partial charge in [-0.25, -0.2) is 0 Å². The van der Waals surface area contributed by atoms with Crippen LogP contribution in [0.25, 0.3) is 0 Å². The number of esters is 1. The second kappa shape index (κ2) is 18.7. The molecular formula is C27H54O4Si. The van der Waals surface area contributed by atoms with Crippen molar-refractivity contribution in [1.29, 1.82) is 0 Å². The van der Waals surface area contributed by atoms with E-state index in [2.05, 4.69) is 52.9 Å². The monoisotopic (exact) mass is 470 g/mol. The average Bonchev–Trinajstić information content (AvgIpc) is 2.72. The predicted molar refractivity (Wildman–Crippen MR) is 140 cm³/mol. The van der Waals surface area contributed by atoms with Crippen LogP contribution in [0.1, 0.15) is 118 Å². The van der Waals surface area contributed by atoms with E-state index >= 15 is 0 Å². The Hall–Kier alpha value is -0.653. The van der Waals surface area contributed by atoms with Crippen LogP contribution in [-0.4, -0.2) is 38.7 Å². The molecule has 0 fully saturated rings. The van der Waals surface area contributed by atoms with Gasteiger partial charge in [0.2, 0.25) is 0 Å². The summed E-state index contributed by atoms with van der Waals surface area (Å²) in [5.74, 6) is -0.214. The predicted octanol–water partition coefficient (Wildman–Crippen LogP) is 7.95. The van der Waals surface area contributed by atoms with Crippen LogP contribution >= 0.6 is 0 Å². The molecule has 0 rings (SSSR count). The van der Waals surface area contributed by atoms with E-state index in [-0.39, 0.29) is 24.2 Å². The molecule has 1 N–H and O–H groups in total. The number of aliphatic hydroxyl groups is 1. The first kappa shape index (κ1) is 31.3. The molecule has 4 nitrogen and oxygen atoms in total. The first-order valence-corrected chi connectivity index (χ1v) is 16.1. The molecule has 1 atom stereocenters. The van der Waals surface area contributed by atoms with Crippen molar-refractivity contribution in [2.75, 3.05) is 13.2 Å². The lowest BCUT2D eigenvalue weighted by atomic mass is 10.1. The molecular weight excluding hydrogens is 416 g/mol. The second-order valence-corrected chi connectivity index (χ2v) is 15.6. The molecule has 0 aromatic heterocycles. The molecule has 0 aromatic rings. The highest BCUT2D eigenvalue weighted by Crippen LogP contribution is 2.36. The van der Waals surface area contributed by atoms with E-state index in [1.165, 1.54) is 70.6 Å². The summed E-state index contributed by atoms with van der Waals surface area (Å²) < 4.78 is 11.2. The van der Waals surface area contributed by atoms with Crippen molar-refractivity contribution in [1.82, 2.24) is 0 Å². The minimum atomic E-state index is -1.88. The molecule has 190 valence electrons. The van der Waals surface area contributed by atoms with Gasteiger partial charge in [-0.05, 0) is 50.2 Å². The van der Waals surface area contributed by atoms with Gasteiger partial charge in [-0.3, -0.25) is 4.79 Å². The maximum atomic E-state index is 11.9. The van der Waals surface area contributed by atoms with Gasteiger partial charge in [0.25, 0.3) is 0 Å². The molecule has 5 heteroatoms. The Labute approximate surface area is 200 Å². The topological polar surface area (TPSA) is 55.8 Å². The largest absolute Gasteiger partial charge is 0.463 e. The quantitative estimate of drug-likeness (QED) is 0.0848. The summed E-state index contributed by atoms with van der Waals surface area (Å²) in [6.07, 6.45) is 20.5. The molecule has 0 saturated carbocycles. The zero-order chi connectivity index (χ0) is 24.3. The molecule has 0 aliphatic carbocycles. The molecule has 0 spiro atoms. The van der Waals surface area contributed by atoms with E-state index in [0.717, 1.165) is 12.8 Å². The first-order chi connectivity index (χ1) is 15.1. The number of hydrogen-bond acceptors (Lipinski definition) is 4. The Morgan fingerprint density at radius 3 is 1.88 bits per heavy atom. The van der Waals surface area contributed by atoms with Crippen LogP contribution in [0.5, 0.6) is 0 Å². The lowest BCUT2D eigenvalue weighted by molar-refractivity contribution is -0.147. The minimum Gasteiger partial charge on any atom is -0.463 e. The van der Waals surface area contributed by atoms with Gasteiger partial charge < -0.3 is 14.3 Å². The Bertz CT molecular complexity index is 483. The molecule has 0 aliphatic rings. The lowest BCUT2D eigenvalue weighted by Crippen LogP contribution is -2.43. The second-order valence-electron chi connectivity index (χ2n) is 10.7. The number of carbonyl (C=O) groups is 1. The third-order valence-electron chi connectivity index (χ3n) is 6.52. The van der Waals surface area contributed by atoms with Gasteiger partial charge in [0, 0.05) is 6.42 Å². The molecule has 32 heavy (non-hydrogen) atoms. The number of unbranched alkanes of at least 4 members (excludes halogenated alkanes) is 11. The first-order valence-electron chi connectivity index (χ1n) is 13.2. The highest BCUT2D eigenvalue weighted by Gasteiger charge is 2.37. The van der Waals surface area contributed by atoms with Crippen molar-refractivity contribution >= 4 is 14.3 Å². The fourth-order valence-electron chi connectivity index (χ4n) is 3.17. The molecule has 0 heterocycles. The van der Waals surface area contributed by atoms with Gasteiger partial charge in [0.15, 0.2) is 8.32 Å². The van der Waals surface area contributed by atoms with Crippen molar-refractivity contribution in [3.63, 3.8) is 0 Å². The van der Waals surface area contributed by atoms with E-state index in [1.807, 2.05) is 0 Å². The summed E-state index contributed by atoms with van der Waals surface area (Å²) in [6.45, 7) is 13.3. The number of allylic oxidation sites excluding steroid dienone is 2. The van der Waals surface area contributed by atoms with Crippen LogP contribution in [0, 0.1) is 0 Å². The maximum absolute atomic E-state index is 11.9. The zero-order valence-electron chi connectivity index (χ0n) is 22.2. The maximum Gasteiger partial charge on any atom is 0.305 e. The summed E-state index contributed by atoms with van der Waals surface area (Å²) in [4.78, 5) is 11.9. The average molecular weight is 471 g/mol. The van der Waals surface area contributed by atoms with E-state index in [4.69, 9.17) is 9.16 Å². The number of hydrogen-bond donors (Lipinski definition) is 1. The van der Waals surface area contributed by atoms with Crippen LogP contribution in [-0.2, 0) is 14.0 Å². The fraction of sp³-hybridized carbons (Fsp3) is 0.889. The Morgan fingerprint density at radius 1 is 0.844 bits per heavy atom. The zero-order valence-corrected chi connectivity index (χ0v) is 23.2. The van der Waals surface area contributed by atoms with Crippen molar-refractivity contribution < 1.29 is 19.1 Å². The number of rotatable bonds is 20. The van der Waals surface area contributed by atoms with Crippen LogP contribution in [0.2, 0.25) is 18.1 Å². The van der Waals surface area contributed by atoms with Crippen LogP contribution in [0.3, 0.4) is 0 Å². The van der Waals surface area contributed by atoms with E-state index in [9.17, 15) is 9.90 Å². The normalized spacial score (nSPS) is 13.6. The van der Waals surface area contributed by atoms with Gasteiger partial charge in [0.05, 0.1) is 6.61 Å². The summed E-state index contributed by atoms with van der Waals surface area (Å²) in [5.41, 5.74) is 0. The Kier molecular flexibility index (Phi) is 18.4. The summed E-state index contributed by atoms with van der Waals surface area (Å²) in [5, 5.41) is 10.1. The van der Waals surface area contributed by atoms with E-state index in [1.54, 1.807) is 0 Å². The fourth-order valence-corrected chi connectivity index (χ4v) is 4.21. The summed E-state index contributed by atoms with van der Waals surface area (Å²) >= 11 is 0. The van der Waals surface area contributed by atoms with Crippen molar-refractivity contribution in [2.24, 2.45) is 0 Å². The van der Waals surface area contributed by atoms with Crippen molar-refractivity contribution in [3.8, 4) is 0 Å². The SMILES string of the molecule is CCCCCCCC/C=C\CCCCCCCC(=O)OC[C@@H](O)CO[Si](C)(C)C(C)(C)C. The highest BCUT2D eigenvalue weighted by atomic mass is 28.4. The Morgan fingerprint density at radius 2 is 1.34 bits per heavy atom. The molecule has 0 bridgehead atoms. The van der Waals surface area contributed by atoms with Crippen molar-refractivity contribution in [3.05, 3.63) is 12.2 Å². The number of carbonyl (C=O) groups excluding carboxylic acids is 1. The number of ether oxygens (including phenoxy) is 1. The summed E-state index contributed by atoms with van der Waals surface area (Å²) in [6, 6.07) is 0. The van der Waals surface area contributed by atoms with Gasteiger partial charge in [0.1, 0.15) is 12.7 Å². The molecule has 0 unspecified atom stereocenters. The van der Waals surface area contributed by atoms with Gasteiger partial charge in [-0.1, -0.05) is 91.2 Å². The molecule has 0 aliphatic heterocycles. The number of aliphatic hydroxyl groups excluding tert-OH is 1. The Balaban J connectivity index is 3.54. The standard InChI is InChI=1S/C27H54O4Si/c1-7-8-9-10-11-12-13-14-15-16-17-18-19-20-21-22-26(29)30-23-25(28)24-31-32(5,6)27(2,3)4/h14-15,25,28H,7-13,16-24H2,1-6H3/b15-14-/t25-/m1/s1. The van der Waals surface area contributed by atoms with E-state index < -0.39 is 14.4 Å². The molecule has 0 saturated heterocycles. The van der Waals surface area contributed by atoms with E-state index in [0.29, 0.717) is 6.42 Å². The molecule has 0 amide bonds. The molecule has 0 aromatic carbocycles. The highest BCUT2D eigenvalue weighted by molar-refractivity contribution is 6.74. The lowest BCUT2D eigenvalue weighted by Gasteiger charge is -2.36. The van der Waals surface area contributed by atoms with Crippen molar-refractivity contribution in [2.45, 2.75) is 142 Å². The van der Waals surface area contributed by atoms with Gasteiger partial charge in [-0.2, -0.15) is 0 Å². The van der Waals surface area contributed by atoms with Crippen LogP contribution in [0.4, 0.5) is 0 Å². The smallest absolute Gasteiger partial charge is 0.305 e. The van der Waals surface area contributed by atoms with Gasteiger partial charge >= 0.3 is 5.97 Å². The third-order valence-corrected chi connectivity index (χ3v) is 11.0. The molecule has 0 radical (unpaired) electrons.